The fourth-order valence-corrected chi connectivity index (χ4v) is 3.27. The van der Waals surface area contributed by atoms with Crippen LogP contribution in [0.5, 0.6) is 0 Å². The highest BCUT2D eigenvalue weighted by molar-refractivity contribution is 6.42. The van der Waals surface area contributed by atoms with Crippen molar-refractivity contribution >= 4 is 29.3 Å². The smallest absolute Gasteiger partial charge is 0.407 e. The SMILES string of the molecule is CC(C)(C)OC(=O)NCCNC1CCN(Cc2ccc(Cl)c(Cl)c2)CC1. The summed E-state index contributed by atoms with van der Waals surface area (Å²) in [6.45, 7) is 9.86. The van der Waals surface area contributed by atoms with Crippen LogP contribution in [-0.4, -0.2) is 48.8 Å². The molecular weight excluding hydrogens is 373 g/mol. The van der Waals surface area contributed by atoms with Gasteiger partial charge in [-0.3, -0.25) is 4.90 Å². The Morgan fingerprint density at radius 3 is 2.50 bits per heavy atom. The van der Waals surface area contributed by atoms with E-state index in [1.807, 2.05) is 39.0 Å². The molecule has 0 atom stereocenters. The van der Waals surface area contributed by atoms with Crippen LogP contribution in [0.3, 0.4) is 0 Å². The highest BCUT2D eigenvalue weighted by Gasteiger charge is 2.19. The third-order valence-electron chi connectivity index (χ3n) is 4.20. The van der Waals surface area contributed by atoms with Crippen LogP contribution in [0.25, 0.3) is 0 Å². The molecule has 0 bridgehead atoms. The van der Waals surface area contributed by atoms with Crippen molar-refractivity contribution in [2.24, 2.45) is 0 Å². The molecule has 2 N–H and O–H groups in total. The first-order valence-corrected chi connectivity index (χ1v) is 9.85. The van der Waals surface area contributed by atoms with Crippen molar-refractivity contribution in [1.82, 2.24) is 15.5 Å². The van der Waals surface area contributed by atoms with Gasteiger partial charge in [0.2, 0.25) is 0 Å². The van der Waals surface area contributed by atoms with Gasteiger partial charge in [-0.2, -0.15) is 0 Å². The van der Waals surface area contributed by atoms with Gasteiger partial charge in [-0.25, -0.2) is 4.79 Å². The van der Waals surface area contributed by atoms with Gasteiger partial charge in [-0.1, -0.05) is 29.3 Å². The lowest BCUT2D eigenvalue weighted by atomic mass is 10.0. The second-order valence-corrected chi connectivity index (χ2v) is 8.50. The Kier molecular flexibility index (Phi) is 8.02. The summed E-state index contributed by atoms with van der Waals surface area (Å²) in [4.78, 5) is 14.0. The Balaban J connectivity index is 1.61. The summed E-state index contributed by atoms with van der Waals surface area (Å²) in [5, 5.41) is 7.48. The summed E-state index contributed by atoms with van der Waals surface area (Å²) in [6.07, 6.45) is 1.82. The van der Waals surface area contributed by atoms with Crippen LogP contribution in [0.1, 0.15) is 39.2 Å². The molecule has 26 heavy (non-hydrogen) atoms. The monoisotopic (exact) mass is 401 g/mol. The molecule has 1 aromatic rings. The standard InChI is InChI=1S/C19H29Cl2N3O2/c1-19(2,3)26-18(25)23-9-8-22-15-6-10-24(11-7-15)13-14-4-5-16(20)17(21)12-14/h4-5,12,15,22H,6-11,13H2,1-3H3,(H,23,25). The van der Waals surface area contributed by atoms with Crippen LogP contribution in [0.15, 0.2) is 18.2 Å². The maximum absolute atomic E-state index is 11.6. The number of hydrogen-bond donors (Lipinski definition) is 2. The highest BCUT2D eigenvalue weighted by atomic mass is 35.5. The number of ether oxygens (including phenoxy) is 1. The van der Waals surface area contributed by atoms with E-state index in [1.54, 1.807) is 0 Å². The Morgan fingerprint density at radius 1 is 1.19 bits per heavy atom. The molecule has 0 saturated carbocycles. The molecule has 5 nitrogen and oxygen atoms in total. The van der Waals surface area contributed by atoms with E-state index in [0.29, 0.717) is 22.6 Å². The fraction of sp³-hybridized carbons (Fsp3) is 0.632. The largest absolute Gasteiger partial charge is 0.444 e. The van der Waals surface area contributed by atoms with Crippen molar-refractivity contribution in [2.75, 3.05) is 26.2 Å². The van der Waals surface area contributed by atoms with Crippen molar-refractivity contribution in [2.45, 2.75) is 51.8 Å². The van der Waals surface area contributed by atoms with Gasteiger partial charge in [0, 0.05) is 25.7 Å². The Hall–Kier alpha value is -1.01. The minimum atomic E-state index is -0.460. The van der Waals surface area contributed by atoms with E-state index >= 15 is 0 Å². The summed E-state index contributed by atoms with van der Waals surface area (Å²) < 4.78 is 5.21. The molecule has 0 unspecified atom stereocenters. The first-order chi connectivity index (χ1) is 12.2. The van der Waals surface area contributed by atoms with Gasteiger partial charge in [0.05, 0.1) is 10.0 Å². The van der Waals surface area contributed by atoms with Crippen LogP contribution in [-0.2, 0) is 11.3 Å². The van der Waals surface area contributed by atoms with E-state index in [2.05, 4.69) is 15.5 Å². The average Bonchev–Trinajstić information content (AvgIpc) is 2.55. The van der Waals surface area contributed by atoms with E-state index in [9.17, 15) is 4.79 Å². The summed E-state index contributed by atoms with van der Waals surface area (Å²) in [6, 6.07) is 6.31. The lowest BCUT2D eigenvalue weighted by molar-refractivity contribution is 0.0527. The molecule has 2 rings (SSSR count). The maximum Gasteiger partial charge on any atom is 0.407 e. The molecule has 1 aliphatic rings. The summed E-state index contributed by atoms with van der Waals surface area (Å²) >= 11 is 12.0. The highest BCUT2D eigenvalue weighted by Crippen LogP contribution is 2.24. The number of piperidine rings is 1. The Morgan fingerprint density at radius 2 is 1.88 bits per heavy atom. The molecule has 1 heterocycles. The molecular formula is C19H29Cl2N3O2. The molecule has 0 aromatic heterocycles. The lowest BCUT2D eigenvalue weighted by Gasteiger charge is -2.32. The quantitative estimate of drug-likeness (QED) is 0.705. The van der Waals surface area contributed by atoms with Crippen LogP contribution in [0.2, 0.25) is 10.0 Å². The molecule has 0 spiro atoms. The topological polar surface area (TPSA) is 53.6 Å². The number of amides is 1. The third-order valence-corrected chi connectivity index (χ3v) is 4.94. The number of carbonyl (C=O) groups is 1. The van der Waals surface area contributed by atoms with E-state index < -0.39 is 5.60 Å². The predicted molar refractivity (Wildman–Crippen MR) is 107 cm³/mol. The number of nitrogens with zero attached hydrogens (tertiary/aromatic N) is 1. The fourth-order valence-electron chi connectivity index (χ4n) is 2.95. The average molecular weight is 402 g/mol. The molecule has 0 aliphatic carbocycles. The minimum absolute atomic E-state index is 0.365. The second kappa shape index (κ2) is 9.79. The molecule has 1 fully saturated rings. The zero-order valence-electron chi connectivity index (χ0n) is 15.8. The Bertz CT molecular complexity index is 597. The van der Waals surface area contributed by atoms with Gasteiger partial charge in [0.25, 0.3) is 0 Å². The van der Waals surface area contributed by atoms with Crippen molar-refractivity contribution in [3.63, 3.8) is 0 Å². The summed E-state index contributed by atoms with van der Waals surface area (Å²) in [5.41, 5.74) is 0.728. The molecule has 7 heteroatoms. The minimum Gasteiger partial charge on any atom is -0.444 e. The molecule has 1 aromatic carbocycles. The second-order valence-electron chi connectivity index (χ2n) is 7.68. The van der Waals surface area contributed by atoms with Gasteiger partial charge in [0.1, 0.15) is 5.60 Å². The van der Waals surface area contributed by atoms with Crippen molar-refractivity contribution in [1.29, 1.82) is 0 Å². The molecule has 1 amide bonds. The third kappa shape index (κ3) is 7.70. The van der Waals surface area contributed by atoms with Crippen molar-refractivity contribution < 1.29 is 9.53 Å². The molecule has 0 radical (unpaired) electrons. The number of likely N-dealkylation sites (tertiary alicyclic amines) is 1. The lowest BCUT2D eigenvalue weighted by Crippen LogP contribution is -2.44. The number of rotatable bonds is 6. The van der Waals surface area contributed by atoms with E-state index in [4.69, 9.17) is 27.9 Å². The van der Waals surface area contributed by atoms with Crippen LogP contribution in [0.4, 0.5) is 4.79 Å². The maximum atomic E-state index is 11.6. The normalized spacial score (nSPS) is 16.5. The number of nitrogens with one attached hydrogen (secondary N) is 2. The van der Waals surface area contributed by atoms with Crippen molar-refractivity contribution in [3.8, 4) is 0 Å². The summed E-state index contributed by atoms with van der Waals surface area (Å²) in [5.74, 6) is 0. The summed E-state index contributed by atoms with van der Waals surface area (Å²) in [7, 11) is 0. The molecule has 146 valence electrons. The first kappa shape index (κ1) is 21.3. The number of carbonyl (C=O) groups excluding carboxylic acids is 1. The van der Waals surface area contributed by atoms with E-state index in [1.165, 1.54) is 5.56 Å². The number of halogens is 2. The van der Waals surface area contributed by atoms with Crippen molar-refractivity contribution in [3.05, 3.63) is 33.8 Å². The Labute approximate surface area is 166 Å². The van der Waals surface area contributed by atoms with Crippen LogP contribution >= 0.6 is 23.2 Å². The van der Waals surface area contributed by atoms with Gasteiger partial charge < -0.3 is 15.4 Å². The first-order valence-electron chi connectivity index (χ1n) is 9.09. The van der Waals surface area contributed by atoms with Gasteiger partial charge >= 0.3 is 6.09 Å². The van der Waals surface area contributed by atoms with Gasteiger partial charge in [0.15, 0.2) is 0 Å². The van der Waals surface area contributed by atoms with Crippen LogP contribution in [0, 0.1) is 0 Å². The number of hydrogen-bond acceptors (Lipinski definition) is 4. The van der Waals surface area contributed by atoms with Crippen LogP contribution < -0.4 is 10.6 Å². The number of benzene rings is 1. The zero-order chi connectivity index (χ0) is 19.2. The van der Waals surface area contributed by atoms with E-state index in [-0.39, 0.29) is 6.09 Å². The van der Waals surface area contributed by atoms with Gasteiger partial charge in [-0.15, -0.1) is 0 Å². The molecule has 1 aliphatic heterocycles. The zero-order valence-corrected chi connectivity index (χ0v) is 17.3. The van der Waals surface area contributed by atoms with E-state index in [0.717, 1.165) is 39.0 Å². The predicted octanol–water partition coefficient (Wildman–Crippen LogP) is 4.07. The van der Waals surface area contributed by atoms with Gasteiger partial charge in [-0.05, 0) is 64.4 Å². The number of alkyl carbamates (subject to hydrolysis) is 1. The molecule has 1 saturated heterocycles.